The van der Waals surface area contributed by atoms with Gasteiger partial charge in [0.15, 0.2) is 5.75 Å². The number of rotatable bonds is 2. The highest BCUT2D eigenvalue weighted by Gasteiger charge is 2.08. The lowest BCUT2D eigenvalue weighted by Gasteiger charge is -2.11. The van der Waals surface area contributed by atoms with Gasteiger partial charge in [-0.15, -0.1) is 0 Å². The van der Waals surface area contributed by atoms with Gasteiger partial charge in [-0.25, -0.2) is 4.98 Å². The van der Waals surface area contributed by atoms with Crippen molar-refractivity contribution in [2.24, 2.45) is 0 Å². The number of benzene rings is 1. The Hall–Kier alpha value is -1.94. The number of nitrogens with zero attached hydrogens (tertiary/aromatic N) is 2. The van der Waals surface area contributed by atoms with Gasteiger partial charge in [-0.3, -0.25) is 4.98 Å². The maximum absolute atomic E-state index is 6.03. The Bertz CT molecular complexity index is 787. The van der Waals surface area contributed by atoms with Gasteiger partial charge in [0.25, 0.3) is 0 Å². The van der Waals surface area contributed by atoms with E-state index in [0.29, 0.717) is 0 Å². The molecular weight excluding hydrogens is 316 g/mol. The standard InChI is InChI=1S/C16H13BrN2O/c1-10-3-4-11(2)15(7-10)20-14-5-6-18-13-8-12(17)9-19-16(13)14/h3-9H,1-2H3. The lowest BCUT2D eigenvalue weighted by Crippen LogP contribution is -1.92. The number of ether oxygens (including phenoxy) is 1. The molecule has 100 valence electrons. The third kappa shape index (κ3) is 2.51. The summed E-state index contributed by atoms with van der Waals surface area (Å²) in [6.45, 7) is 4.08. The molecule has 1 aromatic carbocycles. The molecule has 4 heteroatoms. The van der Waals surface area contributed by atoms with E-state index in [-0.39, 0.29) is 0 Å². The SMILES string of the molecule is Cc1ccc(C)c(Oc2ccnc3cc(Br)cnc23)c1. The van der Waals surface area contributed by atoms with Crippen LogP contribution in [0.3, 0.4) is 0 Å². The number of pyridine rings is 2. The van der Waals surface area contributed by atoms with E-state index in [0.717, 1.165) is 32.6 Å². The van der Waals surface area contributed by atoms with Gasteiger partial charge in [-0.2, -0.15) is 0 Å². The van der Waals surface area contributed by atoms with Crippen LogP contribution >= 0.6 is 15.9 Å². The molecule has 0 saturated carbocycles. The molecule has 0 saturated heterocycles. The number of hydrogen-bond acceptors (Lipinski definition) is 3. The molecule has 20 heavy (non-hydrogen) atoms. The molecular formula is C16H13BrN2O. The van der Waals surface area contributed by atoms with Crippen molar-refractivity contribution in [3.63, 3.8) is 0 Å². The zero-order chi connectivity index (χ0) is 14.1. The van der Waals surface area contributed by atoms with Gasteiger partial charge in [0.1, 0.15) is 11.3 Å². The summed E-state index contributed by atoms with van der Waals surface area (Å²) in [7, 11) is 0. The van der Waals surface area contributed by atoms with Crippen LogP contribution < -0.4 is 4.74 Å². The third-order valence-electron chi connectivity index (χ3n) is 3.07. The average molecular weight is 329 g/mol. The van der Waals surface area contributed by atoms with E-state index in [1.54, 1.807) is 12.4 Å². The highest BCUT2D eigenvalue weighted by atomic mass is 79.9. The van der Waals surface area contributed by atoms with Crippen molar-refractivity contribution < 1.29 is 4.74 Å². The van der Waals surface area contributed by atoms with Crippen LogP contribution in [0.1, 0.15) is 11.1 Å². The van der Waals surface area contributed by atoms with Crippen molar-refractivity contribution in [3.8, 4) is 11.5 Å². The minimum Gasteiger partial charge on any atom is -0.455 e. The second-order valence-corrected chi connectivity index (χ2v) is 5.62. The zero-order valence-corrected chi connectivity index (χ0v) is 12.8. The maximum atomic E-state index is 6.03. The van der Waals surface area contributed by atoms with Crippen LogP contribution in [0.15, 0.2) is 47.2 Å². The first-order chi connectivity index (χ1) is 9.63. The predicted molar refractivity (Wildman–Crippen MR) is 83.2 cm³/mol. The van der Waals surface area contributed by atoms with E-state index in [2.05, 4.69) is 38.0 Å². The molecule has 0 fully saturated rings. The largest absolute Gasteiger partial charge is 0.455 e. The van der Waals surface area contributed by atoms with Gasteiger partial charge in [0.2, 0.25) is 0 Å². The molecule has 0 atom stereocenters. The molecule has 0 aliphatic rings. The smallest absolute Gasteiger partial charge is 0.156 e. The normalized spacial score (nSPS) is 10.8. The van der Waals surface area contributed by atoms with Gasteiger partial charge in [0, 0.05) is 22.9 Å². The second kappa shape index (κ2) is 5.21. The molecule has 0 N–H and O–H groups in total. The minimum atomic E-state index is 0.719. The van der Waals surface area contributed by atoms with Crippen molar-refractivity contribution in [2.75, 3.05) is 0 Å². The molecule has 0 radical (unpaired) electrons. The molecule has 0 unspecified atom stereocenters. The van der Waals surface area contributed by atoms with Crippen molar-refractivity contribution in [1.82, 2.24) is 9.97 Å². The summed E-state index contributed by atoms with van der Waals surface area (Å²) in [5.74, 6) is 1.57. The van der Waals surface area contributed by atoms with Crippen LogP contribution in [-0.4, -0.2) is 9.97 Å². The maximum Gasteiger partial charge on any atom is 0.156 e. The van der Waals surface area contributed by atoms with Gasteiger partial charge in [0.05, 0.1) is 5.52 Å². The Morgan fingerprint density at radius 1 is 1.00 bits per heavy atom. The molecule has 3 nitrogen and oxygen atoms in total. The van der Waals surface area contributed by atoms with Crippen LogP contribution in [-0.2, 0) is 0 Å². The van der Waals surface area contributed by atoms with E-state index in [9.17, 15) is 0 Å². The molecule has 3 rings (SSSR count). The number of hydrogen-bond donors (Lipinski definition) is 0. The number of aromatic nitrogens is 2. The summed E-state index contributed by atoms with van der Waals surface area (Å²) >= 11 is 3.40. The Balaban J connectivity index is 2.09. The first-order valence-corrected chi connectivity index (χ1v) is 7.08. The van der Waals surface area contributed by atoms with Gasteiger partial charge in [-0.05, 0) is 53.0 Å². The number of halogens is 1. The molecule has 2 aromatic heterocycles. The highest BCUT2D eigenvalue weighted by molar-refractivity contribution is 9.10. The Morgan fingerprint density at radius 3 is 2.70 bits per heavy atom. The minimum absolute atomic E-state index is 0.719. The molecule has 0 aliphatic carbocycles. The van der Waals surface area contributed by atoms with Crippen LogP contribution in [0, 0.1) is 13.8 Å². The van der Waals surface area contributed by atoms with E-state index in [1.165, 1.54) is 5.56 Å². The zero-order valence-electron chi connectivity index (χ0n) is 11.2. The van der Waals surface area contributed by atoms with Gasteiger partial charge in [-0.1, -0.05) is 12.1 Å². The topological polar surface area (TPSA) is 35.0 Å². The van der Waals surface area contributed by atoms with E-state index in [1.807, 2.05) is 32.0 Å². The summed E-state index contributed by atoms with van der Waals surface area (Å²) in [5.41, 5.74) is 3.83. The lowest BCUT2D eigenvalue weighted by molar-refractivity contribution is 0.482. The average Bonchev–Trinajstić information content (AvgIpc) is 2.43. The fourth-order valence-corrected chi connectivity index (χ4v) is 2.32. The van der Waals surface area contributed by atoms with Crippen LogP contribution in [0.25, 0.3) is 11.0 Å². The first kappa shape index (κ1) is 13.1. The Labute approximate surface area is 125 Å². The fourth-order valence-electron chi connectivity index (χ4n) is 2.00. The first-order valence-electron chi connectivity index (χ1n) is 6.29. The summed E-state index contributed by atoms with van der Waals surface area (Å²) in [6, 6.07) is 9.92. The predicted octanol–water partition coefficient (Wildman–Crippen LogP) is 4.80. The molecule has 0 amide bonds. The molecule has 0 aliphatic heterocycles. The summed E-state index contributed by atoms with van der Waals surface area (Å²) in [5, 5.41) is 0. The van der Waals surface area contributed by atoms with Crippen LogP contribution in [0.2, 0.25) is 0 Å². The summed E-state index contributed by atoms with van der Waals surface area (Å²) < 4.78 is 6.93. The molecule has 0 bridgehead atoms. The van der Waals surface area contributed by atoms with Crippen molar-refractivity contribution in [2.45, 2.75) is 13.8 Å². The van der Waals surface area contributed by atoms with E-state index < -0.39 is 0 Å². The lowest BCUT2D eigenvalue weighted by atomic mass is 10.1. The highest BCUT2D eigenvalue weighted by Crippen LogP contribution is 2.30. The summed E-state index contributed by atoms with van der Waals surface area (Å²) in [4.78, 5) is 8.71. The Morgan fingerprint density at radius 2 is 1.85 bits per heavy atom. The quantitative estimate of drug-likeness (QED) is 0.677. The monoisotopic (exact) mass is 328 g/mol. The van der Waals surface area contributed by atoms with Crippen molar-refractivity contribution in [1.29, 1.82) is 0 Å². The fraction of sp³-hybridized carbons (Fsp3) is 0.125. The van der Waals surface area contributed by atoms with E-state index >= 15 is 0 Å². The van der Waals surface area contributed by atoms with Crippen molar-refractivity contribution in [3.05, 3.63) is 58.3 Å². The second-order valence-electron chi connectivity index (χ2n) is 4.70. The van der Waals surface area contributed by atoms with Crippen LogP contribution in [0.4, 0.5) is 0 Å². The molecule has 3 aromatic rings. The molecule has 2 heterocycles. The third-order valence-corrected chi connectivity index (χ3v) is 3.50. The summed E-state index contributed by atoms with van der Waals surface area (Å²) in [6.07, 6.45) is 3.48. The molecule has 0 spiro atoms. The van der Waals surface area contributed by atoms with Crippen LogP contribution in [0.5, 0.6) is 11.5 Å². The van der Waals surface area contributed by atoms with Gasteiger partial charge >= 0.3 is 0 Å². The number of fused-ring (bicyclic) bond motifs is 1. The van der Waals surface area contributed by atoms with Gasteiger partial charge < -0.3 is 4.74 Å². The van der Waals surface area contributed by atoms with E-state index in [4.69, 9.17) is 4.74 Å². The Kier molecular flexibility index (Phi) is 3.40. The van der Waals surface area contributed by atoms with Crippen molar-refractivity contribution >= 4 is 27.0 Å². The number of aryl methyl sites for hydroxylation is 2.